The molecule has 100 valence electrons. The zero-order valence-electron chi connectivity index (χ0n) is 10.9. The molecule has 1 fully saturated rings. The summed E-state index contributed by atoms with van der Waals surface area (Å²) in [5, 5.41) is 1.15. The van der Waals surface area contributed by atoms with Crippen LogP contribution in [0.2, 0.25) is 0 Å². The molecule has 0 spiro atoms. The van der Waals surface area contributed by atoms with Crippen LogP contribution in [0.25, 0.3) is 0 Å². The van der Waals surface area contributed by atoms with Gasteiger partial charge in [-0.05, 0) is 44.4 Å². The van der Waals surface area contributed by atoms with Crippen LogP contribution in [0.5, 0.6) is 0 Å². The van der Waals surface area contributed by atoms with Crippen LogP contribution in [-0.4, -0.2) is 35.1 Å². The van der Waals surface area contributed by atoms with Crippen LogP contribution in [0, 0.1) is 0 Å². The highest BCUT2D eigenvalue weighted by Gasteiger charge is 2.23. The van der Waals surface area contributed by atoms with Gasteiger partial charge in [-0.15, -0.1) is 11.8 Å². The summed E-state index contributed by atoms with van der Waals surface area (Å²) >= 11 is 5.52. The smallest absolute Gasteiger partial charge is 0.0108 e. The summed E-state index contributed by atoms with van der Waals surface area (Å²) in [5.74, 6) is 1.22. The van der Waals surface area contributed by atoms with Crippen molar-refractivity contribution in [3.8, 4) is 0 Å². The topological polar surface area (TPSA) is 3.24 Å². The van der Waals surface area contributed by atoms with Gasteiger partial charge in [-0.25, -0.2) is 0 Å². The Morgan fingerprint density at radius 2 is 2.11 bits per heavy atom. The SMILES string of the molecule is BrCCCC1CCCN1CCSc1ccccc1. The van der Waals surface area contributed by atoms with Crippen molar-refractivity contribution in [2.45, 2.75) is 36.6 Å². The maximum Gasteiger partial charge on any atom is 0.0108 e. The fourth-order valence-corrected chi connectivity index (χ4v) is 3.86. The molecule has 0 N–H and O–H groups in total. The second kappa shape index (κ2) is 8.23. The number of rotatable bonds is 7. The second-order valence-corrected chi connectivity index (χ2v) is 6.79. The lowest BCUT2D eigenvalue weighted by Crippen LogP contribution is -2.31. The highest BCUT2D eigenvalue weighted by atomic mass is 79.9. The molecule has 0 saturated carbocycles. The van der Waals surface area contributed by atoms with Crippen molar-refractivity contribution in [1.82, 2.24) is 4.90 Å². The number of hydrogen-bond donors (Lipinski definition) is 0. The summed E-state index contributed by atoms with van der Waals surface area (Å²) in [5.41, 5.74) is 0. The van der Waals surface area contributed by atoms with Gasteiger partial charge in [0.15, 0.2) is 0 Å². The average Bonchev–Trinajstić information content (AvgIpc) is 2.85. The summed E-state index contributed by atoms with van der Waals surface area (Å²) < 4.78 is 0. The van der Waals surface area contributed by atoms with Gasteiger partial charge in [-0.2, -0.15) is 0 Å². The molecule has 1 saturated heterocycles. The molecular formula is C15H22BrNS. The van der Waals surface area contributed by atoms with Gasteiger partial charge in [-0.3, -0.25) is 4.90 Å². The largest absolute Gasteiger partial charge is 0.300 e. The Bertz CT molecular complexity index is 331. The quantitative estimate of drug-likeness (QED) is 0.538. The van der Waals surface area contributed by atoms with Crippen molar-refractivity contribution < 1.29 is 0 Å². The highest BCUT2D eigenvalue weighted by Crippen LogP contribution is 2.23. The number of hydrogen-bond acceptors (Lipinski definition) is 2. The first-order valence-electron chi connectivity index (χ1n) is 6.88. The predicted molar refractivity (Wildman–Crippen MR) is 84.8 cm³/mol. The van der Waals surface area contributed by atoms with E-state index in [-0.39, 0.29) is 0 Å². The van der Waals surface area contributed by atoms with Gasteiger partial charge in [0.1, 0.15) is 0 Å². The van der Waals surface area contributed by atoms with Gasteiger partial charge in [0, 0.05) is 28.6 Å². The molecule has 18 heavy (non-hydrogen) atoms. The van der Waals surface area contributed by atoms with Gasteiger partial charge in [0.05, 0.1) is 0 Å². The van der Waals surface area contributed by atoms with Crippen LogP contribution in [0.15, 0.2) is 35.2 Å². The van der Waals surface area contributed by atoms with E-state index in [1.165, 1.54) is 49.4 Å². The fraction of sp³-hybridized carbons (Fsp3) is 0.600. The number of likely N-dealkylation sites (tertiary alicyclic amines) is 1. The highest BCUT2D eigenvalue weighted by molar-refractivity contribution is 9.09. The van der Waals surface area contributed by atoms with Gasteiger partial charge >= 0.3 is 0 Å². The lowest BCUT2D eigenvalue weighted by Gasteiger charge is -2.24. The first-order chi connectivity index (χ1) is 8.90. The molecule has 1 aromatic carbocycles. The van der Waals surface area contributed by atoms with Crippen molar-refractivity contribution >= 4 is 27.7 Å². The maximum absolute atomic E-state index is 3.54. The lowest BCUT2D eigenvalue weighted by molar-refractivity contribution is 0.257. The van der Waals surface area contributed by atoms with E-state index in [9.17, 15) is 0 Å². The molecule has 1 aliphatic rings. The molecule has 0 amide bonds. The summed E-state index contributed by atoms with van der Waals surface area (Å²) in [4.78, 5) is 4.09. The normalized spacial score (nSPS) is 20.4. The van der Waals surface area contributed by atoms with Crippen molar-refractivity contribution in [3.05, 3.63) is 30.3 Å². The standard InChI is InChI=1S/C15H22BrNS/c16-10-4-6-14-7-5-11-17(14)12-13-18-15-8-2-1-3-9-15/h1-3,8-9,14H,4-7,10-13H2. The molecule has 0 radical (unpaired) electrons. The van der Waals surface area contributed by atoms with Gasteiger partial charge in [0.25, 0.3) is 0 Å². The van der Waals surface area contributed by atoms with E-state index >= 15 is 0 Å². The minimum atomic E-state index is 0.846. The monoisotopic (exact) mass is 327 g/mol. The molecule has 1 unspecified atom stereocenters. The fourth-order valence-electron chi connectivity index (χ4n) is 2.63. The van der Waals surface area contributed by atoms with Crippen LogP contribution in [0.1, 0.15) is 25.7 Å². The second-order valence-electron chi connectivity index (χ2n) is 4.82. The molecule has 0 aliphatic carbocycles. The van der Waals surface area contributed by atoms with Gasteiger partial charge < -0.3 is 0 Å². The van der Waals surface area contributed by atoms with E-state index in [4.69, 9.17) is 0 Å². The molecule has 1 aliphatic heterocycles. The molecule has 1 atom stereocenters. The van der Waals surface area contributed by atoms with Crippen molar-refractivity contribution in [2.24, 2.45) is 0 Å². The Labute approximate surface area is 123 Å². The van der Waals surface area contributed by atoms with E-state index in [2.05, 4.69) is 51.2 Å². The van der Waals surface area contributed by atoms with E-state index in [1.54, 1.807) is 0 Å². The number of thioether (sulfide) groups is 1. The van der Waals surface area contributed by atoms with Crippen LogP contribution in [0.3, 0.4) is 0 Å². The molecule has 0 bridgehead atoms. The Morgan fingerprint density at radius 3 is 2.89 bits per heavy atom. The first-order valence-corrected chi connectivity index (χ1v) is 8.98. The Kier molecular flexibility index (Phi) is 6.60. The van der Waals surface area contributed by atoms with E-state index in [0.29, 0.717) is 0 Å². The minimum absolute atomic E-state index is 0.846. The van der Waals surface area contributed by atoms with Crippen molar-refractivity contribution in [2.75, 3.05) is 24.2 Å². The molecule has 3 heteroatoms. The molecule has 0 aromatic heterocycles. The Morgan fingerprint density at radius 1 is 1.28 bits per heavy atom. The van der Waals surface area contributed by atoms with Gasteiger partial charge in [0.2, 0.25) is 0 Å². The summed E-state index contributed by atoms with van der Waals surface area (Å²) in [6.07, 6.45) is 5.47. The molecule has 2 rings (SSSR count). The zero-order chi connectivity index (χ0) is 12.6. The van der Waals surface area contributed by atoms with Crippen molar-refractivity contribution in [1.29, 1.82) is 0 Å². The molecule has 1 heterocycles. The average molecular weight is 328 g/mol. The number of alkyl halides is 1. The van der Waals surface area contributed by atoms with Crippen LogP contribution in [-0.2, 0) is 0 Å². The van der Waals surface area contributed by atoms with Crippen molar-refractivity contribution in [3.63, 3.8) is 0 Å². The van der Waals surface area contributed by atoms with E-state index in [1.807, 2.05) is 11.8 Å². The number of halogens is 1. The lowest BCUT2D eigenvalue weighted by atomic mass is 10.1. The Hall–Kier alpha value is 0.0100. The number of nitrogens with zero attached hydrogens (tertiary/aromatic N) is 1. The molecule has 1 nitrogen and oxygen atoms in total. The summed E-state index contributed by atoms with van der Waals surface area (Å²) in [6.45, 7) is 2.55. The van der Waals surface area contributed by atoms with E-state index < -0.39 is 0 Å². The van der Waals surface area contributed by atoms with Crippen LogP contribution < -0.4 is 0 Å². The van der Waals surface area contributed by atoms with Gasteiger partial charge in [-0.1, -0.05) is 34.1 Å². The third kappa shape index (κ3) is 4.60. The molecule has 1 aromatic rings. The third-order valence-electron chi connectivity index (χ3n) is 3.56. The maximum atomic E-state index is 3.54. The summed E-state index contributed by atoms with van der Waals surface area (Å²) in [6, 6.07) is 11.6. The Balaban J connectivity index is 1.69. The molecular weight excluding hydrogens is 306 g/mol. The summed E-state index contributed by atoms with van der Waals surface area (Å²) in [7, 11) is 0. The van der Waals surface area contributed by atoms with Crippen LogP contribution in [0.4, 0.5) is 0 Å². The third-order valence-corrected chi connectivity index (χ3v) is 5.11. The minimum Gasteiger partial charge on any atom is -0.300 e. The van der Waals surface area contributed by atoms with E-state index in [0.717, 1.165) is 11.4 Å². The number of benzene rings is 1. The first kappa shape index (κ1) is 14.4. The predicted octanol–water partition coefficient (Wildman–Crippen LogP) is 4.42. The van der Waals surface area contributed by atoms with Crippen LogP contribution >= 0.6 is 27.7 Å². The zero-order valence-corrected chi connectivity index (χ0v) is 13.3.